The van der Waals surface area contributed by atoms with E-state index in [9.17, 15) is 4.79 Å². The number of thioether (sulfide) groups is 1. The minimum atomic E-state index is 0.107. The summed E-state index contributed by atoms with van der Waals surface area (Å²) in [4.78, 5) is 11.7. The van der Waals surface area contributed by atoms with Crippen molar-refractivity contribution in [3.05, 3.63) is 0 Å². The van der Waals surface area contributed by atoms with Crippen molar-refractivity contribution in [3.63, 3.8) is 0 Å². The first kappa shape index (κ1) is 14.8. The van der Waals surface area contributed by atoms with Gasteiger partial charge in [-0.15, -0.1) is 11.8 Å². The van der Waals surface area contributed by atoms with Crippen molar-refractivity contribution in [2.45, 2.75) is 38.0 Å². The van der Waals surface area contributed by atoms with Crippen LogP contribution in [-0.2, 0) is 9.53 Å². The normalized spacial score (nSPS) is 18.9. The molecule has 0 aliphatic carbocycles. The second-order valence-corrected chi connectivity index (χ2v) is 5.68. The zero-order chi connectivity index (χ0) is 12.5. The molecule has 1 fully saturated rings. The van der Waals surface area contributed by atoms with Crippen LogP contribution in [0, 0.1) is 0 Å². The van der Waals surface area contributed by atoms with Crippen LogP contribution in [0.5, 0.6) is 0 Å². The number of amides is 1. The summed E-state index contributed by atoms with van der Waals surface area (Å²) >= 11 is 1.78. The van der Waals surface area contributed by atoms with Crippen LogP contribution in [0.25, 0.3) is 0 Å². The van der Waals surface area contributed by atoms with Gasteiger partial charge in [0.25, 0.3) is 0 Å². The zero-order valence-corrected chi connectivity index (χ0v) is 11.6. The molecule has 1 aliphatic rings. The minimum absolute atomic E-state index is 0.107. The number of ether oxygens (including phenoxy) is 1. The molecule has 17 heavy (non-hydrogen) atoms. The van der Waals surface area contributed by atoms with Gasteiger partial charge in [-0.05, 0) is 39.8 Å². The lowest BCUT2D eigenvalue weighted by atomic mass is 10.2. The summed E-state index contributed by atoms with van der Waals surface area (Å²) in [5.41, 5.74) is 0. The molecule has 1 saturated heterocycles. The van der Waals surface area contributed by atoms with Crippen LogP contribution in [-0.4, -0.2) is 49.3 Å². The molecule has 1 atom stereocenters. The first-order chi connectivity index (χ1) is 8.22. The van der Waals surface area contributed by atoms with Crippen molar-refractivity contribution >= 4 is 17.7 Å². The van der Waals surface area contributed by atoms with Crippen LogP contribution in [0.2, 0.25) is 0 Å². The van der Waals surface area contributed by atoms with E-state index in [0.717, 1.165) is 13.1 Å². The molecular weight excluding hydrogens is 236 g/mol. The van der Waals surface area contributed by atoms with Gasteiger partial charge in [0.05, 0.1) is 12.4 Å². The van der Waals surface area contributed by atoms with E-state index in [1.54, 1.807) is 11.8 Å². The predicted molar refractivity (Wildman–Crippen MR) is 72.4 cm³/mol. The maximum atomic E-state index is 11.7. The summed E-state index contributed by atoms with van der Waals surface area (Å²) in [6, 6.07) is 0.107. The average molecular weight is 260 g/mol. The van der Waals surface area contributed by atoms with Crippen LogP contribution < -0.4 is 10.6 Å². The maximum absolute atomic E-state index is 11.7. The molecule has 5 heteroatoms. The average Bonchev–Trinajstić information content (AvgIpc) is 2.35. The number of piperidine rings is 1. The third kappa shape index (κ3) is 6.91. The van der Waals surface area contributed by atoms with Gasteiger partial charge in [0.15, 0.2) is 0 Å². The fourth-order valence-corrected chi connectivity index (χ4v) is 2.85. The highest BCUT2D eigenvalue weighted by molar-refractivity contribution is 8.00. The van der Waals surface area contributed by atoms with Gasteiger partial charge in [0.2, 0.25) is 5.91 Å². The molecule has 1 aliphatic heterocycles. The first-order valence-electron chi connectivity index (χ1n) is 6.41. The topological polar surface area (TPSA) is 50.4 Å². The predicted octanol–water partition coefficient (Wildman–Crippen LogP) is 1.01. The van der Waals surface area contributed by atoms with Crippen molar-refractivity contribution in [3.8, 4) is 0 Å². The Morgan fingerprint density at radius 1 is 1.53 bits per heavy atom. The number of nitrogens with one attached hydrogen (secondary N) is 2. The molecule has 1 unspecified atom stereocenters. The Bertz CT molecular complexity index is 221. The van der Waals surface area contributed by atoms with E-state index >= 15 is 0 Å². The third-order valence-electron chi connectivity index (χ3n) is 2.72. The molecule has 0 radical (unpaired) electrons. The fraction of sp³-hybridized carbons (Fsp3) is 0.917. The SMILES string of the molecule is CCOCC(C)NC(=O)CSC1CCNCC1. The van der Waals surface area contributed by atoms with Gasteiger partial charge in [0.1, 0.15) is 0 Å². The quantitative estimate of drug-likeness (QED) is 0.717. The highest BCUT2D eigenvalue weighted by atomic mass is 32.2. The molecule has 100 valence electrons. The van der Waals surface area contributed by atoms with Gasteiger partial charge in [-0.1, -0.05) is 0 Å². The van der Waals surface area contributed by atoms with E-state index in [0.29, 0.717) is 24.2 Å². The summed E-state index contributed by atoms with van der Waals surface area (Å²) in [6.07, 6.45) is 2.35. The van der Waals surface area contributed by atoms with Crippen molar-refractivity contribution in [2.24, 2.45) is 0 Å². The summed E-state index contributed by atoms with van der Waals surface area (Å²) in [7, 11) is 0. The smallest absolute Gasteiger partial charge is 0.230 e. The van der Waals surface area contributed by atoms with E-state index in [1.165, 1.54) is 12.8 Å². The second kappa shape index (κ2) is 8.78. The number of rotatable bonds is 7. The molecular formula is C12H24N2O2S. The highest BCUT2D eigenvalue weighted by Crippen LogP contribution is 2.19. The molecule has 1 amide bonds. The van der Waals surface area contributed by atoms with E-state index < -0.39 is 0 Å². The van der Waals surface area contributed by atoms with Gasteiger partial charge in [-0.3, -0.25) is 4.79 Å². The standard InChI is InChI=1S/C12H24N2O2S/c1-3-16-8-10(2)14-12(15)9-17-11-4-6-13-7-5-11/h10-11,13H,3-9H2,1-2H3,(H,14,15). The number of hydrogen-bond donors (Lipinski definition) is 2. The Morgan fingerprint density at radius 3 is 2.88 bits per heavy atom. The molecule has 1 heterocycles. The van der Waals surface area contributed by atoms with Crippen molar-refractivity contribution < 1.29 is 9.53 Å². The second-order valence-electron chi connectivity index (χ2n) is 4.39. The van der Waals surface area contributed by atoms with Gasteiger partial charge in [0, 0.05) is 17.9 Å². The lowest BCUT2D eigenvalue weighted by Crippen LogP contribution is -2.37. The molecule has 0 aromatic carbocycles. The molecule has 0 saturated carbocycles. The number of hydrogen-bond acceptors (Lipinski definition) is 4. The van der Waals surface area contributed by atoms with Crippen molar-refractivity contribution in [1.29, 1.82) is 0 Å². The van der Waals surface area contributed by atoms with Gasteiger partial charge in [-0.2, -0.15) is 0 Å². The molecule has 0 aromatic heterocycles. The monoisotopic (exact) mass is 260 g/mol. The highest BCUT2D eigenvalue weighted by Gasteiger charge is 2.15. The van der Waals surface area contributed by atoms with Gasteiger partial charge in [-0.25, -0.2) is 0 Å². The van der Waals surface area contributed by atoms with E-state index in [-0.39, 0.29) is 11.9 Å². The van der Waals surface area contributed by atoms with E-state index in [1.807, 2.05) is 13.8 Å². The Balaban J connectivity index is 2.07. The number of carbonyl (C=O) groups excluding carboxylic acids is 1. The summed E-state index contributed by atoms with van der Waals surface area (Å²) in [5.74, 6) is 0.696. The first-order valence-corrected chi connectivity index (χ1v) is 7.46. The zero-order valence-electron chi connectivity index (χ0n) is 10.8. The molecule has 0 aromatic rings. The van der Waals surface area contributed by atoms with Crippen LogP contribution in [0.1, 0.15) is 26.7 Å². The minimum Gasteiger partial charge on any atom is -0.380 e. The Labute approximate surface area is 108 Å². The Morgan fingerprint density at radius 2 is 2.24 bits per heavy atom. The van der Waals surface area contributed by atoms with Crippen molar-refractivity contribution in [2.75, 3.05) is 32.1 Å². The van der Waals surface area contributed by atoms with E-state index in [2.05, 4.69) is 10.6 Å². The van der Waals surface area contributed by atoms with E-state index in [4.69, 9.17) is 4.74 Å². The van der Waals surface area contributed by atoms with Crippen LogP contribution in [0.4, 0.5) is 0 Å². The lowest BCUT2D eigenvalue weighted by Gasteiger charge is -2.22. The molecule has 0 spiro atoms. The molecule has 2 N–H and O–H groups in total. The summed E-state index contributed by atoms with van der Waals surface area (Å²) < 4.78 is 5.26. The third-order valence-corrected chi connectivity index (χ3v) is 4.09. The lowest BCUT2D eigenvalue weighted by molar-refractivity contribution is -0.119. The number of carbonyl (C=O) groups is 1. The molecule has 1 rings (SSSR count). The van der Waals surface area contributed by atoms with Crippen molar-refractivity contribution in [1.82, 2.24) is 10.6 Å². The maximum Gasteiger partial charge on any atom is 0.230 e. The van der Waals surface area contributed by atoms with Crippen LogP contribution in [0.15, 0.2) is 0 Å². The Hall–Kier alpha value is -0.260. The molecule has 0 bridgehead atoms. The van der Waals surface area contributed by atoms with Crippen LogP contribution in [0.3, 0.4) is 0 Å². The van der Waals surface area contributed by atoms with Gasteiger partial charge >= 0.3 is 0 Å². The largest absolute Gasteiger partial charge is 0.380 e. The summed E-state index contributed by atoms with van der Waals surface area (Å²) in [5, 5.41) is 6.92. The summed E-state index contributed by atoms with van der Waals surface area (Å²) in [6.45, 7) is 7.40. The fourth-order valence-electron chi connectivity index (χ4n) is 1.81. The molecule has 4 nitrogen and oxygen atoms in total. The van der Waals surface area contributed by atoms with Crippen LogP contribution >= 0.6 is 11.8 Å². The van der Waals surface area contributed by atoms with Gasteiger partial charge < -0.3 is 15.4 Å². The Kier molecular flexibility index (Phi) is 7.64.